The van der Waals surface area contributed by atoms with Crippen LogP contribution in [0.5, 0.6) is 0 Å². The molecular formula is C26H25B3N4O. The van der Waals surface area contributed by atoms with Gasteiger partial charge in [-0.05, 0) is 74.5 Å². The molecule has 2 aliphatic carbocycles. The highest BCUT2D eigenvalue weighted by Crippen LogP contribution is 2.62. The number of nitrogens with two attached hydrogens (primary N) is 1. The van der Waals surface area contributed by atoms with E-state index in [-0.39, 0.29) is 11.5 Å². The summed E-state index contributed by atoms with van der Waals surface area (Å²) in [5.74, 6) is 6.53. The molecular weight excluding hydrogens is 417 g/mol. The van der Waals surface area contributed by atoms with Gasteiger partial charge in [-0.25, -0.2) is 4.99 Å². The second kappa shape index (κ2) is 8.17. The smallest absolute Gasteiger partial charge is 0.184 e. The number of ether oxygens (including phenoxy) is 1. The minimum atomic E-state index is -1.63. The standard InChI is InChI=1S/C26H25B3N4O/c1-3-4-17-11-20(15-31-14-17)18-5-6-19-13-24(9-7-21(8-10-24)34-26(27,28)29)25(22(19)12-18)32-16(2)23(30)33-25/h5-6,11-12,14-15,21H,7-10,13H2,1-2H3,(H2,30,33). The van der Waals surface area contributed by atoms with E-state index in [1.807, 2.05) is 20.0 Å². The normalized spacial score (nSPS) is 27.8. The van der Waals surface area contributed by atoms with Crippen LogP contribution in [-0.4, -0.2) is 51.5 Å². The predicted molar refractivity (Wildman–Crippen MR) is 138 cm³/mol. The molecule has 8 heteroatoms. The number of rotatable bonds is 3. The number of amidine groups is 1. The number of hydrogen-bond donors (Lipinski definition) is 1. The second-order valence-electron chi connectivity index (χ2n) is 9.70. The van der Waals surface area contributed by atoms with Crippen molar-refractivity contribution >= 4 is 35.1 Å². The van der Waals surface area contributed by atoms with E-state index in [2.05, 4.69) is 41.1 Å². The fourth-order valence-electron chi connectivity index (χ4n) is 5.83. The van der Waals surface area contributed by atoms with Gasteiger partial charge < -0.3 is 10.5 Å². The van der Waals surface area contributed by atoms with Gasteiger partial charge in [0.15, 0.2) is 5.66 Å². The Morgan fingerprint density at radius 3 is 2.50 bits per heavy atom. The van der Waals surface area contributed by atoms with Crippen LogP contribution in [-0.2, 0) is 16.8 Å². The Bertz CT molecular complexity index is 1240. The first kappa shape index (κ1) is 23.0. The molecule has 5 nitrogen and oxygen atoms in total. The van der Waals surface area contributed by atoms with Gasteiger partial charge in [-0.3, -0.25) is 9.98 Å². The Hall–Kier alpha value is -2.78. The van der Waals surface area contributed by atoms with Crippen molar-refractivity contribution in [2.45, 2.75) is 63.0 Å². The molecule has 0 saturated heterocycles. The Morgan fingerprint density at radius 1 is 1.09 bits per heavy atom. The van der Waals surface area contributed by atoms with Crippen molar-refractivity contribution in [1.82, 2.24) is 4.98 Å². The third-order valence-corrected chi connectivity index (χ3v) is 7.34. The predicted octanol–water partition coefficient (Wildman–Crippen LogP) is 2.72. The number of hydrogen-bond acceptors (Lipinski definition) is 5. The van der Waals surface area contributed by atoms with Gasteiger partial charge in [-0.15, -0.1) is 5.92 Å². The van der Waals surface area contributed by atoms with Crippen LogP contribution >= 0.6 is 0 Å². The maximum Gasteiger partial charge on any atom is 0.184 e. The molecule has 6 radical (unpaired) electrons. The van der Waals surface area contributed by atoms with E-state index in [9.17, 15) is 0 Å². The van der Waals surface area contributed by atoms with Crippen molar-refractivity contribution < 1.29 is 4.74 Å². The SMILES string of the molecule is [B]C([B])([B])OC1CCC2(CC1)Cc1ccc(-c3cncc(C#CC)c3)cc1C21N=C(C)C(N)=N1. The minimum Gasteiger partial charge on any atom is -0.400 e. The summed E-state index contributed by atoms with van der Waals surface area (Å²) in [5, 5.41) is -1.63. The average molecular weight is 442 g/mol. The van der Waals surface area contributed by atoms with Crippen molar-refractivity contribution in [2.24, 2.45) is 21.1 Å². The number of fused-ring (bicyclic) bond motifs is 3. The average Bonchev–Trinajstić information content (AvgIpc) is 3.22. The first-order valence-corrected chi connectivity index (χ1v) is 11.6. The van der Waals surface area contributed by atoms with Gasteiger partial charge in [0.05, 0.1) is 35.4 Å². The lowest BCUT2D eigenvalue weighted by atomic mass is 9.52. The Kier molecular flexibility index (Phi) is 5.52. The Balaban J connectivity index is 1.55. The molecule has 1 saturated carbocycles. The fraction of sp³-hybridized carbons (Fsp3) is 0.423. The molecule has 1 unspecified atom stereocenters. The summed E-state index contributed by atoms with van der Waals surface area (Å²) < 4.78 is 5.68. The molecule has 0 amide bonds. The van der Waals surface area contributed by atoms with Crippen molar-refractivity contribution in [3.63, 3.8) is 0 Å². The number of aromatic nitrogens is 1. The van der Waals surface area contributed by atoms with Crippen LogP contribution in [0.25, 0.3) is 11.1 Å². The molecule has 3 aliphatic rings. The first-order valence-electron chi connectivity index (χ1n) is 11.6. The van der Waals surface area contributed by atoms with E-state index in [1.54, 1.807) is 6.20 Å². The molecule has 5 rings (SSSR count). The van der Waals surface area contributed by atoms with E-state index >= 15 is 0 Å². The van der Waals surface area contributed by atoms with Crippen LogP contribution in [0.2, 0.25) is 0 Å². The van der Waals surface area contributed by atoms with Crippen molar-refractivity contribution in [3.8, 4) is 23.0 Å². The fourth-order valence-corrected chi connectivity index (χ4v) is 5.83. The number of nitrogens with zero attached hydrogens (tertiary/aromatic N) is 3. The highest BCUT2D eigenvalue weighted by atomic mass is 16.5. The molecule has 164 valence electrons. The summed E-state index contributed by atoms with van der Waals surface area (Å²) in [6.45, 7) is 3.75. The largest absolute Gasteiger partial charge is 0.400 e. The maximum atomic E-state index is 6.31. The molecule has 2 heterocycles. The summed E-state index contributed by atoms with van der Waals surface area (Å²) in [6, 6.07) is 8.60. The van der Waals surface area contributed by atoms with Crippen molar-refractivity contribution in [2.75, 3.05) is 0 Å². The third kappa shape index (κ3) is 3.80. The number of pyridine rings is 1. The van der Waals surface area contributed by atoms with Gasteiger partial charge in [0.2, 0.25) is 0 Å². The lowest BCUT2D eigenvalue weighted by molar-refractivity contribution is -0.0271. The molecule has 1 aromatic heterocycles. The molecule has 1 aromatic carbocycles. The maximum absolute atomic E-state index is 6.31. The topological polar surface area (TPSA) is 72.9 Å². The van der Waals surface area contributed by atoms with E-state index in [4.69, 9.17) is 44.0 Å². The third-order valence-electron chi connectivity index (χ3n) is 7.34. The quantitative estimate of drug-likeness (QED) is 0.588. The van der Waals surface area contributed by atoms with Gasteiger partial charge in [0, 0.05) is 34.5 Å². The van der Waals surface area contributed by atoms with Crippen molar-refractivity contribution in [3.05, 3.63) is 53.3 Å². The highest BCUT2D eigenvalue weighted by molar-refractivity contribution is 6.58. The Labute approximate surface area is 205 Å². The molecule has 0 bridgehead atoms. The van der Waals surface area contributed by atoms with E-state index in [0.29, 0.717) is 5.84 Å². The van der Waals surface area contributed by atoms with Gasteiger partial charge in [0.1, 0.15) is 5.84 Å². The summed E-state index contributed by atoms with van der Waals surface area (Å²) in [6.07, 6.45) is 7.69. The lowest BCUT2D eigenvalue weighted by Gasteiger charge is -2.46. The van der Waals surface area contributed by atoms with Crippen molar-refractivity contribution in [1.29, 1.82) is 0 Å². The molecule has 1 aliphatic heterocycles. The summed E-state index contributed by atoms with van der Waals surface area (Å²) >= 11 is 0. The van der Waals surface area contributed by atoms with E-state index in [1.165, 1.54) is 5.56 Å². The Morgan fingerprint density at radius 2 is 1.85 bits per heavy atom. The zero-order valence-electron chi connectivity index (χ0n) is 19.6. The second-order valence-corrected chi connectivity index (χ2v) is 9.70. The van der Waals surface area contributed by atoms with Crippen LogP contribution in [0.4, 0.5) is 0 Å². The minimum absolute atomic E-state index is 0.0942. The lowest BCUT2D eigenvalue weighted by Crippen LogP contribution is -2.46. The highest BCUT2D eigenvalue weighted by Gasteiger charge is 2.60. The number of benzene rings is 1. The van der Waals surface area contributed by atoms with Crippen LogP contribution in [0.15, 0.2) is 46.6 Å². The summed E-state index contributed by atoms with van der Waals surface area (Å²) in [4.78, 5) is 14.6. The molecule has 2 N–H and O–H groups in total. The molecule has 1 atom stereocenters. The summed E-state index contributed by atoms with van der Waals surface area (Å²) in [7, 11) is 17.1. The molecule has 1 fully saturated rings. The van der Waals surface area contributed by atoms with E-state index < -0.39 is 11.0 Å². The zero-order chi connectivity index (χ0) is 24.1. The van der Waals surface area contributed by atoms with E-state index in [0.717, 1.165) is 60.1 Å². The van der Waals surface area contributed by atoms with Gasteiger partial charge in [-0.1, -0.05) is 18.1 Å². The first-order chi connectivity index (χ1) is 16.1. The number of aliphatic imine (C=N–C) groups is 2. The zero-order valence-corrected chi connectivity index (χ0v) is 19.6. The molecule has 2 spiro atoms. The monoisotopic (exact) mass is 442 g/mol. The molecule has 2 aromatic rings. The van der Waals surface area contributed by atoms with Gasteiger partial charge in [-0.2, -0.15) is 0 Å². The summed E-state index contributed by atoms with van der Waals surface area (Å²) in [5.41, 5.74) is 11.5. The van der Waals surface area contributed by atoms with Crippen LogP contribution in [0, 0.1) is 17.3 Å². The van der Waals surface area contributed by atoms with Crippen LogP contribution in [0.1, 0.15) is 56.2 Å². The van der Waals surface area contributed by atoms with Crippen LogP contribution in [0.3, 0.4) is 0 Å². The molecule has 34 heavy (non-hydrogen) atoms. The van der Waals surface area contributed by atoms with Gasteiger partial charge in [0.25, 0.3) is 0 Å². The van der Waals surface area contributed by atoms with Gasteiger partial charge >= 0.3 is 0 Å². The van der Waals surface area contributed by atoms with Crippen LogP contribution < -0.4 is 5.73 Å².